The summed E-state index contributed by atoms with van der Waals surface area (Å²) in [7, 11) is -9.24. The average Bonchev–Trinajstić information content (AvgIpc) is 1.43. The number of phosphoric acid groups is 1. The van der Waals surface area contributed by atoms with Crippen LogP contribution in [0.2, 0.25) is 0 Å². The van der Waals surface area contributed by atoms with Gasteiger partial charge < -0.3 is 19.6 Å². The van der Waals surface area contributed by atoms with Gasteiger partial charge in [-0.2, -0.15) is 0 Å². The van der Waals surface area contributed by atoms with E-state index in [9.17, 15) is 4.57 Å². The van der Waals surface area contributed by atoms with Crippen LogP contribution >= 0.6 is 15.6 Å². The summed E-state index contributed by atoms with van der Waals surface area (Å²) in [5.74, 6) is 0. The second-order valence-corrected chi connectivity index (χ2v) is 6.22. The molecule has 80 valence electrons. The standard InChI is InChI=1S/C4H13NO6P2/c1-4(2,3)5-12(6,7)11-13(8,9)10/h6-7H,1-3H3,(H2,8,9,10). The van der Waals surface area contributed by atoms with Gasteiger partial charge in [-0.25, -0.2) is 13.6 Å². The molecule has 0 heterocycles. The molecular weight excluding hydrogens is 220 g/mol. The first-order chi connectivity index (χ1) is 5.41. The predicted octanol–water partition coefficient (Wildman–Crippen LogP) is 0.825. The lowest BCUT2D eigenvalue weighted by Crippen LogP contribution is -2.09. The molecule has 0 saturated heterocycles. The third kappa shape index (κ3) is 8.59. The summed E-state index contributed by atoms with van der Waals surface area (Å²) in [5, 5.41) is 0. The molecule has 0 aliphatic heterocycles. The minimum absolute atomic E-state index is 0.841. The molecule has 0 aliphatic rings. The molecule has 0 saturated carbocycles. The molecule has 7 nitrogen and oxygen atoms in total. The Labute approximate surface area is 75.9 Å². The Morgan fingerprint density at radius 1 is 1.15 bits per heavy atom. The molecule has 0 spiro atoms. The molecule has 4 N–H and O–H groups in total. The monoisotopic (exact) mass is 233 g/mol. The highest BCUT2D eigenvalue weighted by atomic mass is 31.3. The van der Waals surface area contributed by atoms with Gasteiger partial charge in [0.1, 0.15) is 0 Å². The third-order valence-electron chi connectivity index (χ3n) is 0.646. The molecule has 0 aromatic heterocycles. The maximum Gasteiger partial charge on any atom is 0.477 e. The van der Waals surface area contributed by atoms with Crippen LogP contribution in [0.15, 0.2) is 4.74 Å². The maximum atomic E-state index is 10.3. The highest BCUT2D eigenvalue weighted by molar-refractivity contribution is 7.61. The van der Waals surface area contributed by atoms with E-state index in [-0.39, 0.29) is 0 Å². The van der Waals surface area contributed by atoms with E-state index in [1.807, 2.05) is 0 Å². The normalized spacial score (nSPS) is 14.4. The molecule has 0 aliphatic carbocycles. The van der Waals surface area contributed by atoms with Gasteiger partial charge in [0, 0.05) is 0 Å². The van der Waals surface area contributed by atoms with Gasteiger partial charge in [-0.05, 0) is 20.8 Å². The van der Waals surface area contributed by atoms with Crippen molar-refractivity contribution in [2.24, 2.45) is 4.74 Å². The zero-order chi connectivity index (χ0) is 10.9. The molecule has 0 aromatic carbocycles. The second kappa shape index (κ2) is 3.79. The van der Waals surface area contributed by atoms with Gasteiger partial charge in [0.05, 0.1) is 5.54 Å². The van der Waals surface area contributed by atoms with Crippen molar-refractivity contribution in [3.63, 3.8) is 0 Å². The molecule has 0 unspecified atom stereocenters. The lowest BCUT2D eigenvalue weighted by Gasteiger charge is -2.18. The fourth-order valence-electron chi connectivity index (χ4n) is 0.552. The Bertz CT molecular complexity index is 269. The molecule has 0 fully saturated rings. The van der Waals surface area contributed by atoms with Crippen LogP contribution in [0.25, 0.3) is 0 Å². The number of hydrogen-bond donors (Lipinski definition) is 4. The molecule has 0 bridgehead atoms. The number of rotatable bonds is 2. The van der Waals surface area contributed by atoms with Gasteiger partial charge in [-0.1, -0.05) is 0 Å². The minimum Gasteiger partial charge on any atom is -0.318 e. The summed E-state index contributed by atoms with van der Waals surface area (Å²) in [4.78, 5) is 34.5. The molecule has 0 amide bonds. The summed E-state index contributed by atoms with van der Waals surface area (Å²) in [6.45, 7) is 4.62. The van der Waals surface area contributed by atoms with Crippen molar-refractivity contribution in [3.8, 4) is 0 Å². The topological polar surface area (TPSA) is 120 Å². The van der Waals surface area contributed by atoms with E-state index in [0.717, 1.165) is 0 Å². The van der Waals surface area contributed by atoms with E-state index < -0.39 is 21.1 Å². The Kier molecular flexibility index (Phi) is 3.86. The molecule has 0 aromatic rings. The smallest absolute Gasteiger partial charge is 0.318 e. The van der Waals surface area contributed by atoms with Crippen molar-refractivity contribution in [1.29, 1.82) is 0 Å². The van der Waals surface area contributed by atoms with Crippen LogP contribution in [0.4, 0.5) is 0 Å². The van der Waals surface area contributed by atoms with Crippen molar-refractivity contribution >= 4 is 15.6 Å². The van der Waals surface area contributed by atoms with Crippen LogP contribution in [0.5, 0.6) is 0 Å². The van der Waals surface area contributed by atoms with Crippen LogP contribution in [0.3, 0.4) is 0 Å². The highest BCUT2D eigenvalue weighted by Gasteiger charge is 2.28. The third-order valence-corrected chi connectivity index (χ3v) is 3.23. The second-order valence-electron chi connectivity index (χ2n) is 3.36. The Balaban J connectivity index is 4.79. The summed E-state index contributed by atoms with van der Waals surface area (Å²) in [5.41, 5.74) is -0.841. The van der Waals surface area contributed by atoms with Crippen molar-refractivity contribution in [1.82, 2.24) is 0 Å². The fraction of sp³-hybridized carbons (Fsp3) is 1.00. The summed E-state index contributed by atoms with van der Waals surface area (Å²) in [6, 6.07) is 0. The maximum absolute atomic E-state index is 10.3. The van der Waals surface area contributed by atoms with Gasteiger partial charge in [0.15, 0.2) is 0 Å². The molecular formula is C4H13NO6P2. The van der Waals surface area contributed by atoms with Crippen molar-refractivity contribution in [3.05, 3.63) is 0 Å². The van der Waals surface area contributed by atoms with Crippen molar-refractivity contribution < 1.29 is 28.4 Å². The SMILES string of the molecule is CC(C)(C)N=P(O)(O)OP(=O)(O)O. The minimum atomic E-state index is -4.92. The van der Waals surface area contributed by atoms with E-state index in [0.29, 0.717) is 0 Å². The molecule has 0 atom stereocenters. The number of hydrogen-bond acceptors (Lipinski definition) is 3. The quantitative estimate of drug-likeness (QED) is 0.524. The van der Waals surface area contributed by atoms with E-state index in [1.165, 1.54) is 20.8 Å². The van der Waals surface area contributed by atoms with Crippen LogP contribution in [-0.2, 0) is 8.88 Å². The van der Waals surface area contributed by atoms with Gasteiger partial charge >= 0.3 is 15.6 Å². The van der Waals surface area contributed by atoms with Gasteiger partial charge in [0.25, 0.3) is 0 Å². The van der Waals surface area contributed by atoms with Crippen molar-refractivity contribution in [2.45, 2.75) is 26.3 Å². The first kappa shape index (κ1) is 13.3. The fourth-order valence-corrected chi connectivity index (χ4v) is 2.62. The summed E-state index contributed by atoms with van der Waals surface area (Å²) in [6.07, 6.45) is 0. The lowest BCUT2D eigenvalue weighted by molar-refractivity contribution is 0.251. The van der Waals surface area contributed by atoms with Gasteiger partial charge in [-0.15, -0.1) is 0 Å². The largest absolute Gasteiger partial charge is 0.477 e. The first-order valence-corrected chi connectivity index (χ1v) is 6.37. The van der Waals surface area contributed by atoms with Crippen LogP contribution in [0.1, 0.15) is 20.8 Å². The zero-order valence-electron chi connectivity index (χ0n) is 7.45. The Morgan fingerprint density at radius 3 is 1.77 bits per heavy atom. The van der Waals surface area contributed by atoms with Crippen LogP contribution in [0, 0.1) is 0 Å². The van der Waals surface area contributed by atoms with E-state index >= 15 is 0 Å². The molecule has 0 rings (SSSR count). The zero-order valence-corrected chi connectivity index (χ0v) is 9.24. The average molecular weight is 233 g/mol. The van der Waals surface area contributed by atoms with Crippen molar-refractivity contribution in [2.75, 3.05) is 0 Å². The molecule has 9 heteroatoms. The first-order valence-electron chi connectivity index (χ1n) is 3.27. The summed E-state index contributed by atoms with van der Waals surface area (Å²) >= 11 is 0. The molecule has 0 radical (unpaired) electrons. The Hall–Kier alpha value is 0.260. The van der Waals surface area contributed by atoms with Crippen LogP contribution < -0.4 is 0 Å². The van der Waals surface area contributed by atoms with E-state index in [1.54, 1.807) is 0 Å². The summed E-state index contributed by atoms with van der Waals surface area (Å²) < 4.78 is 17.3. The van der Waals surface area contributed by atoms with Gasteiger partial charge in [-0.3, -0.25) is 0 Å². The predicted molar refractivity (Wildman–Crippen MR) is 46.7 cm³/mol. The van der Waals surface area contributed by atoms with Gasteiger partial charge in [0.2, 0.25) is 0 Å². The Morgan fingerprint density at radius 2 is 1.54 bits per heavy atom. The molecule has 13 heavy (non-hydrogen) atoms. The van der Waals surface area contributed by atoms with E-state index in [4.69, 9.17) is 19.6 Å². The van der Waals surface area contributed by atoms with E-state index in [2.05, 4.69) is 9.06 Å². The number of nitrogens with zero attached hydrogens (tertiary/aromatic N) is 1. The van der Waals surface area contributed by atoms with Crippen LogP contribution in [-0.4, -0.2) is 25.1 Å². The highest BCUT2D eigenvalue weighted by Crippen LogP contribution is 2.57. The lowest BCUT2D eigenvalue weighted by atomic mass is 10.1.